The predicted octanol–water partition coefficient (Wildman–Crippen LogP) is 9.45. The monoisotopic (exact) mass is 734 g/mol. The van der Waals surface area contributed by atoms with Crippen LogP contribution >= 0.6 is 58.0 Å². The van der Waals surface area contributed by atoms with Crippen LogP contribution in [-0.2, 0) is 19.1 Å². The van der Waals surface area contributed by atoms with Gasteiger partial charge >= 0.3 is 23.9 Å². The molecule has 0 bridgehead atoms. The summed E-state index contributed by atoms with van der Waals surface area (Å²) in [5.41, 5.74) is -0.538. The molecule has 2 unspecified atom stereocenters. The van der Waals surface area contributed by atoms with Crippen LogP contribution in [0, 0.1) is 42.4 Å². The lowest BCUT2D eigenvalue weighted by Gasteiger charge is -2.36. The van der Waals surface area contributed by atoms with Gasteiger partial charge in [0, 0.05) is 0 Å². The number of aryl methyl sites for hydroxylation is 1. The normalized spacial score (nSPS) is 21.7. The fourth-order valence-corrected chi connectivity index (χ4v) is 7.06. The number of esters is 4. The van der Waals surface area contributed by atoms with E-state index >= 15 is 0 Å². The molecule has 0 heterocycles. The van der Waals surface area contributed by atoms with Crippen molar-refractivity contribution in [2.75, 3.05) is 13.2 Å². The van der Waals surface area contributed by atoms with Crippen molar-refractivity contribution < 1.29 is 38.1 Å². The Labute approximate surface area is 293 Å². The van der Waals surface area contributed by atoms with Gasteiger partial charge in [-0.1, -0.05) is 85.7 Å². The van der Waals surface area contributed by atoms with Gasteiger partial charge in [-0.15, -0.1) is 0 Å². The molecular formula is C33H35Cl5O8. The summed E-state index contributed by atoms with van der Waals surface area (Å²) in [5, 5.41) is -0.873. The van der Waals surface area contributed by atoms with Gasteiger partial charge in [0.25, 0.3) is 0 Å². The second-order valence-corrected chi connectivity index (χ2v) is 14.6. The molecule has 8 nitrogen and oxygen atoms in total. The van der Waals surface area contributed by atoms with E-state index in [1.807, 2.05) is 13.8 Å². The first-order valence-corrected chi connectivity index (χ1v) is 16.9. The molecule has 2 fully saturated rings. The number of ether oxygens (including phenoxy) is 4. The van der Waals surface area contributed by atoms with Gasteiger partial charge in [-0.05, 0) is 85.8 Å². The smallest absolute Gasteiger partial charge is 0.423 e. The van der Waals surface area contributed by atoms with E-state index in [1.165, 1.54) is 13.0 Å². The van der Waals surface area contributed by atoms with Crippen LogP contribution in [0.4, 0.5) is 0 Å². The van der Waals surface area contributed by atoms with Crippen molar-refractivity contribution >= 4 is 81.9 Å². The predicted molar refractivity (Wildman–Crippen MR) is 177 cm³/mol. The van der Waals surface area contributed by atoms with Crippen molar-refractivity contribution in [3.05, 3.63) is 53.9 Å². The van der Waals surface area contributed by atoms with Gasteiger partial charge in [0.2, 0.25) is 0 Å². The van der Waals surface area contributed by atoms with Crippen molar-refractivity contribution in [3.8, 4) is 11.5 Å². The molecule has 0 aliphatic heterocycles. The molecule has 250 valence electrons. The van der Waals surface area contributed by atoms with Gasteiger partial charge in [0.05, 0.1) is 38.3 Å². The molecule has 2 aliphatic carbocycles. The average Bonchev–Trinajstić information content (AvgIpc) is 2.96. The minimum Gasteiger partial charge on any atom is -0.462 e. The number of benzene rings is 2. The van der Waals surface area contributed by atoms with Crippen molar-refractivity contribution in [1.29, 1.82) is 0 Å². The van der Waals surface area contributed by atoms with Crippen molar-refractivity contribution in [1.82, 2.24) is 0 Å². The van der Waals surface area contributed by atoms with E-state index in [1.54, 1.807) is 0 Å². The van der Waals surface area contributed by atoms with Crippen LogP contribution in [0.15, 0.2) is 12.1 Å². The Morgan fingerprint density at radius 1 is 0.674 bits per heavy atom. The van der Waals surface area contributed by atoms with Gasteiger partial charge in [-0.25, -0.2) is 19.2 Å². The number of hydrogen-bond acceptors (Lipinski definition) is 8. The molecule has 2 atom stereocenters. The van der Waals surface area contributed by atoms with Crippen LogP contribution in [0.5, 0.6) is 11.5 Å². The SMILES string of the molecule is Cc1cc(Cl)c(Cl)c(C(=O)OCC(C)C2CC(C)C2)c1OC(=O)C(=O)Oc1c(Cl)cc(Cl)c(Cl)c1C(=O)OCC(C)C1CC(C)C1. The molecule has 4 rings (SSSR count). The summed E-state index contributed by atoms with van der Waals surface area (Å²) < 4.78 is 21.5. The molecule has 2 saturated carbocycles. The quantitative estimate of drug-likeness (QED) is 0.103. The van der Waals surface area contributed by atoms with E-state index in [0.717, 1.165) is 31.7 Å². The number of halogens is 5. The fourth-order valence-electron chi connectivity index (χ4n) is 5.87. The molecule has 46 heavy (non-hydrogen) atoms. The van der Waals surface area contributed by atoms with Crippen LogP contribution in [0.25, 0.3) is 0 Å². The van der Waals surface area contributed by atoms with Gasteiger partial charge in [0.1, 0.15) is 11.1 Å². The zero-order chi connectivity index (χ0) is 34.0. The number of carbonyl (C=O) groups excluding carboxylic acids is 4. The van der Waals surface area contributed by atoms with E-state index in [0.29, 0.717) is 23.7 Å². The third kappa shape index (κ3) is 8.24. The molecular weight excluding hydrogens is 702 g/mol. The lowest BCUT2D eigenvalue weighted by atomic mass is 9.70. The fraction of sp³-hybridized carbons (Fsp3) is 0.515. The maximum absolute atomic E-state index is 13.2. The number of rotatable bonds is 10. The average molecular weight is 737 g/mol. The maximum atomic E-state index is 13.2. The Morgan fingerprint density at radius 3 is 1.50 bits per heavy atom. The molecule has 13 heteroatoms. The topological polar surface area (TPSA) is 105 Å². The third-order valence-corrected chi connectivity index (χ3v) is 10.7. The minimum absolute atomic E-state index is 0.0150. The number of hydrogen-bond donors (Lipinski definition) is 0. The Balaban J connectivity index is 1.51. The first kappa shape index (κ1) is 36.6. The minimum atomic E-state index is -1.58. The lowest BCUT2D eigenvalue weighted by molar-refractivity contribution is -0.156. The number of carbonyl (C=O) groups is 4. The summed E-state index contributed by atoms with van der Waals surface area (Å²) in [7, 11) is 0. The van der Waals surface area contributed by atoms with Gasteiger partial charge < -0.3 is 18.9 Å². The molecule has 0 spiro atoms. The highest BCUT2D eigenvalue weighted by Crippen LogP contribution is 2.42. The summed E-state index contributed by atoms with van der Waals surface area (Å²) in [4.78, 5) is 52.4. The summed E-state index contributed by atoms with van der Waals surface area (Å²) in [6.45, 7) is 9.97. The van der Waals surface area contributed by atoms with Gasteiger partial charge in [-0.2, -0.15) is 0 Å². The largest absolute Gasteiger partial charge is 0.462 e. The Bertz CT molecular complexity index is 1420. The van der Waals surface area contributed by atoms with Gasteiger partial charge in [-0.3, -0.25) is 0 Å². The molecule has 0 N–H and O–H groups in total. The van der Waals surface area contributed by atoms with Gasteiger partial charge in [0.15, 0.2) is 11.5 Å². The molecule has 2 aromatic carbocycles. The van der Waals surface area contributed by atoms with E-state index < -0.39 is 35.2 Å². The first-order chi connectivity index (χ1) is 21.6. The van der Waals surface area contributed by atoms with Crippen LogP contribution < -0.4 is 9.47 Å². The van der Waals surface area contributed by atoms with Crippen molar-refractivity contribution in [2.45, 2.75) is 60.3 Å². The van der Waals surface area contributed by atoms with Crippen LogP contribution in [0.1, 0.15) is 79.7 Å². The summed E-state index contributed by atoms with van der Waals surface area (Å²) in [6, 6.07) is 2.51. The second kappa shape index (κ2) is 15.3. The molecule has 0 aromatic heterocycles. The van der Waals surface area contributed by atoms with E-state index in [9.17, 15) is 19.2 Å². The molecule has 2 aliphatic rings. The molecule has 0 amide bonds. The highest BCUT2D eigenvalue weighted by Gasteiger charge is 2.35. The summed E-state index contributed by atoms with van der Waals surface area (Å²) in [5.74, 6) is -3.58. The zero-order valence-electron chi connectivity index (χ0n) is 26.0. The summed E-state index contributed by atoms with van der Waals surface area (Å²) in [6.07, 6.45) is 4.15. The highest BCUT2D eigenvalue weighted by molar-refractivity contribution is 6.46. The second-order valence-electron chi connectivity index (χ2n) is 12.7. The molecule has 0 saturated heterocycles. The van der Waals surface area contributed by atoms with Crippen molar-refractivity contribution in [2.24, 2.45) is 35.5 Å². The standard InChI is InChI=1S/C33H35Cl5O8/c1-14-6-19(7-14)17(4)12-43-30(39)24-26(37)21(34)10-16(3)28(24)45-32(41)33(42)46-29-23(36)11-22(35)27(38)25(29)31(40)44-13-18(5)20-8-15(2)9-20/h10-11,14-15,17-20H,6-9,12-13H2,1-5H3. The lowest BCUT2D eigenvalue weighted by Crippen LogP contribution is -2.30. The molecule has 0 radical (unpaired) electrons. The summed E-state index contributed by atoms with van der Waals surface area (Å²) >= 11 is 31.3. The van der Waals surface area contributed by atoms with Crippen LogP contribution in [0.2, 0.25) is 25.1 Å². The van der Waals surface area contributed by atoms with E-state index in [-0.39, 0.29) is 67.0 Å². The highest BCUT2D eigenvalue weighted by atomic mass is 35.5. The Morgan fingerprint density at radius 2 is 1.07 bits per heavy atom. The maximum Gasteiger partial charge on any atom is 0.423 e. The van der Waals surface area contributed by atoms with Crippen LogP contribution in [0.3, 0.4) is 0 Å². The third-order valence-electron chi connectivity index (χ3n) is 8.83. The van der Waals surface area contributed by atoms with E-state index in [4.69, 9.17) is 77.0 Å². The zero-order valence-corrected chi connectivity index (χ0v) is 29.8. The van der Waals surface area contributed by atoms with E-state index in [2.05, 4.69) is 13.8 Å². The Hall–Kier alpha value is -2.23. The van der Waals surface area contributed by atoms with Crippen molar-refractivity contribution in [3.63, 3.8) is 0 Å². The Kier molecular flexibility index (Phi) is 12.2. The molecule has 2 aromatic rings. The first-order valence-electron chi connectivity index (χ1n) is 15.0. The van der Waals surface area contributed by atoms with Crippen LogP contribution in [-0.4, -0.2) is 37.1 Å².